The van der Waals surface area contributed by atoms with Crippen LogP contribution in [-0.2, 0) is 15.1 Å². The highest BCUT2D eigenvalue weighted by atomic mass is 16.2. The fourth-order valence-electron chi connectivity index (χ4n) is 1.69. The number of carbonyl (C=O) groups is 2. The van der Waals surface area contributed by atoms with Gasteiger partial charge in [-0.1, -0.05) is 6.07 Å². The molecular weight excluding hydrogens is 206 g/mol. The third-order valence-corrected chi connectivity index (χ3v) is 2.62. The monoisotopic (exact) mass is 219 g/mol. The molecule has 3 N–H and O–H groups in total. The predicted octanol–water partition coefficient (Wildman–Crippen LogP) is 0.0623. The van der Waals surface area contributed by atoms with Crippen molar-refractivity contribution >= 4 is 11.8 Å². The number of aromatic nitrogens is 1. The molecule has 16 heavy (non-hydrogen) atoms. The Hall–Kier alpha value is -1.91. The molecule has 1 aromatic rings. The molecule has 84 valence electrons. The third-order valence-electron chi connectivity index (χ3n) is 2.62. The average Bonchev–Trinajstić information content (AvgIpc) is 2.99. The Morgan fingerprint density at radius 3 is 2.69 bits per heavy atom. The van der Waals surface area contributed by atoms with Crippen molar-refractivity contribution in [3.8, 4) is 0 Å². The van der Waals surface area contributed by atoms with Crippen molar-refractivity contribution in [2.24, 2.45) is 5.73 Å². The SMILES string of the molecule is NC(=O)CC(=O)NC1(c2ccccn2)CC1. The lowest BCUT2D eigenvalue weighted by Crippen LogP contribution is -2.37. The van der Waals surface area contributed by atoms with Gasteiger partial charge in [-0.25, -0.2) is 0 Å². The molecule has 2 rings (SSSR count). The number of nitrogens with two attached hydrogens (primary N) is 1. The van der Waals surface area contributed by atoms with Gasteiger partial charge in [-0.15, -0.1) is 0 Å². The van der Waals surface area contributed by atoms with Crippen molar-refractivity contribution in [2.75, 3.05) is 0 Å². The summed E-state index contributed by atoms with van der Waals surface area (Å²) in [5.74, 6) is -0.954. The third kappa shape index (κ3) is 2.18. The molecule has 0 saturated heterocycles. The van der Waals surface area contributed by atoms with E-state index >= 15 is 0 Å². The van der Waals surface area contributed by atoms with E-state index in [1.807, 2.05) is 18.2 Å². The number of carbonyl (C=O) groups excluding carboxylic acids is 2. The van der Waals surface area contributed by atoms with E-state index in [4.69, 9.17) is 5.73 Å². The second-order valence-corrected chi connectivity index (χ2v) is 3.99. The van der Waals surface area contributed by atoms with Crippen molar-refractivity contribution in [1.29, 1.82) is 0 Å². The molecule has 1 fully saturated rings. The van der Waals surface area contributed by atoms with E-state index in [1.165, 1.54) is 0 Å². The molecule has 2 amide bonds. The minimum atomic E-state index is -0.616. The number of amides is 2. The molecule has 5 nitrogen and oxygen atoms in total. The van der Waals surface area contributed by atoms with E-state index in [0.29, 0.717) is 0 Å². The van der Waals surface area contributed by atoms with Gasteiger partial charge < -0.3 is 11.1 Å². The first-order valence-corrected chi connectivity index (χ1v) is 5.13. The highest BCUT2D eigenvalue weighted by molar-refractivity contribution is 5.96. The number of nitrogens with zero attached hydrogens (tertiary/aromatic N) is 1. The van der Waals surface area contributed by atoms with Crippen molar-refractivity contribution in [1.82, 2.24) is 10.3 Å². The van der Waals surface area contributed by atoms with Gasteiger partial charge in [-0.05, 0) is 25.0 Å². The summed E-state index contributed by atoms with van der Waals surface area (Å²) in [6.45, 7) is 0. The van der Waals surface area contributed by atoms with E-state index in [0.717, 1.165) is 18.5 Å². The fraction of sp³-hybridized carbons (Fsp3) is 0.364. The summed E-state index contributed by atoms with van der Waals surface area (Å²) in [7, 11) is 0. The maximum atomic E-state index is 11.4. The first-order chi connectivity index (χ1) is 7.62. The molecule has 1 saturated carbocycles. The van der Waals surface area contributed by atoms with Crippen LogP contribution < -0.4 is 11.1 Å². The van der Waals surface area contributed by atoms with Crippen LogP contribution in [0, 0.1) is 0 Å². The summed E-state index contributed by atoms with van der Waals surface area (Å²) in [6.07, 6.45) is 3.13. The van der Waals surface area contributed by atoms with Crippen LogP contribution in [-0.4, -0.2) is 16.8 Å². The molecule has 0 atom stereocenters. The van der Waals surface area contributed by atoms with Crippen LogP contribution in [0.4, 0.5) is 0 Å². The fourth-order valence-corrected chi connectivity index (χ4v) is 1.69. The van der Waals surface area contributed by atoms with E-state index < -0.39 is 5.91 Å². The summed E-state index contributed by atoms with van der Waals surface area (Å²) >= 11 is 0. The number of hydrogen-bond acceptors (Lipinski definition) is 3. The van der Waals surface area contributed by atoms with Crippen LogP contribution >= 0.6 is 0 Å². The van der Waals surface area contributed by atoms with Gasteiger partial charge in [0.15, 0.2) is 0 Å². The molecular formula is C11H13N3O2. The molecule has 1 aliphatic carbocycles. The van der Waals surface area contributed by atoms with Crippen molar-refractivity contribution in [2.45, 2.75) is 24.8 Å². The maximum absolute atomic E-state index is 11.4. The Morgan fingerprint density at radius 2 is 2.19 bits per heavy atom. The summed E-state index contributed by atoms with van der Waals surface area (Å²) < 4.78 is 0. The van der Waals surface area contributed by atoms with Gasteiger partial charge in [0.05, 0.1) is 11.2 Å². The van der Waals surface area contributed by atoms with Gasteiger partial charge in [-0.3, -0.25) is 14.6 Å². The van der Waals surface area contributed by atoms with E-state index in [-0.39, 0.29) is 17.9 Å². The van der Waals surface area contributed by atoms with E-state index in [2.05, 4.69) is 10.3 Å². The van der Waals surface area contributed by atoms with Gasteiger partial charge in [-0.2, -0.15) is 0 Å². The predicted molar refractivity (Wildman–Crippen MR) is 57.1 cm³/mol. The van der Waals surface area contributed by atoms with Crippen molar-refractivity contribution in [3.05, 3.63) is 30.1 Å². The lowest BCUT2D eigenvalue weighted by Gasteiger charge is -2.16. The summed E-state index contributed by atoms with van der Waals surface area (Å²) in [6, 6.07) is 5.57. The first kappa shape index (κ1) is 10.6. The first-order valence-electron chi connectivity index (χ1n) is 5.13. The van der Waals surface area contributed by atoms with E-state index in [9.17, 15) is 9.59 Å². The van der Waals surface area contributed by atoms with Gasteiger partial charge in [0.2, 0.25) is 11.8 Å². The smallest absolute Gasteiger partial charge is 0.230 e. The molecule has 0 unspecified atom stereocenters. The van der Waals surface area contributed by atoms with Crippen LogP contribution in [0.1, 0.15) is 25.0 Å². The Morgan fingerprint density at radius 1 is 1.44 bits per heavy atom. The summed E-state index contributed by atoms with van der Waals surface area (Å²) in [5, 5.41) is 2.81. The molecule has 1 aromatic heterocycles. The van der Waals surface area contributed by atoms with Gasteiger partial charge in [0.25, 0.3) is 0 Å². The Labute approximate surface area is 93.0 Å². The molecule has 5 heteroatoms. The highest BCUT2D eigenvalue weighted by Crippen LogP contribution is 2.44. The zero-order valence-electron chi connectivity index (χ0n) is 8.77. The molecule has 1 heterocycles. The van der Waals surface area contributed by atoms with Gasteiger partial charge in [0.1, 0.15) is 6.42 Å². The van der Waals surface area contributed by atoms with Crippen molar-refractivity contribution in [3.63, 3.8) is 0 Å². The zero-order chi connectivity index (χ0) is 11.6. The molecule has 1 aliphatic rings. The number of pyridine rings is 1. The lowest BCUT2D eigenvalue weighted by molar-refractivity contribution is -0.128. The second kappa shape index (κ2) is 3.92. The molecule has 0 aliphatic heterocycles. The molecule has 0 radical (unpaired) electrons. The Bertz CT molecular complexity index is 412. The quantitative estimate of drug-likeness (QED) is 0.702. The second-order valence-electron chi connectivity index (χ2n) is 3.99. The largest absolute Gasteiger partial charge is 0.369 e. The minimum Gasteiger partial charge on any atom is -0.369 e. The Kier molecular flexibility index (Phi) is 2.60. The lowest BCUT2D eigenvalue weighted by atomic mass is 10.1. The number of nitrogens with one attached hydrogen (secondary N) is 1. The van der Waals surface area contributed by atoms with Crippen LogP contribution in [0.3, 0.4) is 0 Å². The Balaban J connectivity index is 2.05. The van der Waals surface area contributed by atoms with Gasteiger partial charge >= 0.3 is 0 Å². The standard InChI is InChI=1S/C11H13N3O2/c12-9(15)7-10(16)14-11(4-5-11)8-3-1-2-6-13-8/h1-3,6H,4-5,7H2,(H2,12,15)(H,14,16). The van der Waals surface area contributed by atoms with Crippen LogP contribution in [0.2, 0.25) is 0 Å². The van der Waals surface area contributed by atoms with Gasteiger partial charge in [0, 0.05) is 6.20 Å². The average molecular weight is 219 g/mol. The topological polar surface area (TPSA) is 85.1 Å². The molecule has 0 aromatic carbocycles. The van der Waals surface area contributed by atoms with Crippen molar-refractivity contribution < 1.29 is 9.59 Å². The number of rotatable bonds is 4. The number of primary amides is 1. The minimum absolute atomic E-state index is 0.269. The molecule has 0 bridgehead atoms. The number of hydrogen-bond donors (Lipinski definition) is 2. The zero-order valence-corrected chi connectivity index (χ0v) is 8.77. The van der Waals surface area contributed by atoms with Crippen LogP contribution in [0.15, 0.2) is 24.4 Å². The van der Waals surface area contributed by atoms with Crippen LogP contribution in [0.25, 0.3) is 0 Å². The summed E-state index contributed by atoms with van der Waals surface area (Å²) in [5.41, 5.74) is 5.43. The molecule has 0 spiro atoms. The van der Waals surface area contributed by atoms with Crippen LogP contribution in [0.5, 0.6) is 0 Å². The van der Waals surface area contributed by atoms with E-state index in [1.54, 1.807) is 6.20 Å². The normalized spacial score (nSPS) is 16.5. The highest BCUT2D eigenvalue weighted by Gasteiger charge is 2.46. The maximum Gasteiger partial charge on any atom is 0.230 e. The summed E-state index contributed by atoms with van der Waals surface area (Å²) in [4.78, 5) is 26.3.